The lowest BCUT2D eigenvalue weighted by Crippen LogP contribution is -2.34. The van der Waals surface area contributed by atoms with Crippen molar-refractivity contribution in [2.24, 2.45) is 23.4 Å². The van der Waals surface area contributed by atoms with Crippen LogP contribution in [0.3, 0.4) is 0 Å². The van der Waals surface area contributed by atoms with Crippen LogP contribution in [0.15, 0.2) is 87.7 Å². The molecule has 0 aromatic heterocycles. The average Bonchev–Trinajstić information content (AvgIpc) is 3.25. The molecule has 5 rings (SSSR count). The number of nitrogens with one attached hydrogen (secondary N) is 4. The second-order valence-corrected chi connectivity index (χ2v) is 24.4. The van der Waals surface area contributed by atoms with Gasteiger partial charge in [0.15, 0.2) is 26.4 Å². The van der Waals surface area contributed by atoms with Gasteiger partial charge in [0.25, 0.3) is 23.6 Å². The van der Waals surface area contributed by atoms with E-state index in [2.05, 4.69) is 105 Å². The minimum Gasteiger partial charge on any atom is -0.481 e. The summed E-state index contributed by atoms with van der Waals surface area (Å²) in [4.78, 5) is 56.4. The summed E-state index contributed by atoms with van der Waals surface area (Å²) in [6, 6.07) is 16.1. The lowest BCUT2D eigenvalue weighted by molar-refractivity contribution is -0.124. The predicted octanol–water partition coefficient (Wildman–Crippen LogP) is 7.27. The van der Waals surface area contributed by atoms with Crippen molar-refractivity contribution in [3.05, 3.63) is 70.8 Å². The number of amides is 4. The summed E-state index contributed by atoms with van der Waals surface area (Å²) in [5, 5.41) is 0. The van der Waals surface area contributed by atoms with E-state index in [-0.39, 0.29) is 0 Å². The molecule has 1 aliphatic heterocycles. The highest BCUT2D eigenvalue weighted by molar-refractivity contribution is 8.01. The molecule has 1 heterocycles. The van der Waals surface area contributed by atoms with E-state index in [4.69, 9.17) is 42.3 Å². The molecule has 68 heavy (non-hydrogen) atoms. The predicted molar refractivity (Wildman–Crippen MR) is 268 cm³/mol. The van der Waals surface area contributed by atoms with Crippen LogP contribution in [0.1, 0.15) is 105 Å². The minimum absolute atomic E-state index is 0.361. The topological polar surface area (TPSA) is 257 Å². The zero-order valence-electron chi connectivity index (χ0n) is 40.7. The molecule has 0 spiro atoms. The molecule has 0 radical (unpaired) electrons. The van der Waals surface area contributed by atoms with Crippen LogP contribution in [0.25, 0.3) is 0 Å². The van der Waals surface area contributed by atoms with Crippen LogP contribution in [0.5, 0.6) is 23.0 Å². The number of carbonyl (C=O) groups excluding carboxylic acids is 4. The van der Waals surface area contributed by atoms with Gasteiger partial charge in [0.2, 0.25) is 0 Å². The molecule has 0 fully saturated rings. The number of benzene rings is 4. The lowest BCUT2D eigenvalue weighted by atomic mass is 9.87. The first-order valence-corrected chi connectivity index (χ1v) is 24.9. The summed E-state index contributed by atoms with van der Waals surface area (Å²) in [5.74, 6) is 21.5. The quantitative estimate of drug-likeness (QED) is 0.0347. The number of fused-ring (bicyclic) bond motifs is 8. The van der Waals surface area contributed by atoms with E-state index in [1.807, 2.05) is 48.5 Å². The number of rotatable bonds is 12. The molecule has 368 valence electrons. The molecule has 0 aliphatic carbocycles. The van der Waals surface area contributed by atoms with Crippen LogP contribution in [-0.2, 0) is 40.8 Å². The Kier molecular flexibility index (Phi) is 17.4. The Morgan fingerprint density at radius 2 is 0.500 bits per heavy atom. The number of hydrogen-bond acceptors (Lipinski definition) is 16. The number of carbonyl (C=O) groups is 4. The monoisotopic (exact) mass is 1010 g/mol. The highest BCUT2D eigenvalue weighted by Gasteiger charge is 2.31. The Hall–Kier alpha value is -4.80. The second-order valence-electron chi connectivity index (χ2n) is 20.0. The van der Waals surface area contributed by atoms with Gasteiger partial charge in [-0.25, -0.2) is 23.4 Å². The fraction of sp³-hybridized carbons (Fsp3) is 0.417. The molecule has 0 unspecified atom stereocenters. The minimum atomic E-state index is -0.563. The average molecular weight is 1010 g/mol. The van der Waals surface area contributed by atoms with E-state index in [1.165, 1.54) is 47.0 Å². The van der Waals surface area contributed by atoms with E-state index >= 15 is 0 Å². The smallest absolute Gasteiger partial charge is 0.271 e. The molecule has 4 aromatic carbocycles. The maximum absolute atomic E-state index is 12.9. The molecule has 20 heteroatoms. The Morgan fingerprint density at radius 3 is 0.618 bits per heavy atom. The van der Waals surface area contributed by atoms with Crippen LogP contribution in [-0.4, -0.2) is 50.1 Å². The Labute approximate surface area is 415 Å². The zero-order valence-corrected chi connectivity index (χ0v) is 43.9. The maximum atomic E-state index is 12.9. The second kappa shape index (κ2) is 21.9. The standard InChI is InChI=1S/C48H64N8O8S4/c1-45(2,3)25-13-29-41(61-21-37(57)53-49)30(14-25)66-32-16-27(47(7,8)9)18-34(43(32)63-23-39(59)55-51)68-36-20-28(48(10,11)12)19-35(44(36)64-24-40(60)56-52)67-33-17-26(46(4,5)6)15-31(65-29)42(33)62-22-38(58)54-50/h13-20H,21-24,49-52H2,1-12H3,(H,53,57)(H,54,58)(H,55,59)(H,56,60). The molecule has 0 atom stereocenters. The fourth-order valence-corrected chi connectivity index (χ4v) is 11.2. The molecule has 0 saturated carbocycles. The Morgan fingerprint density at radius 1 is 0.353 bits per heavy atom. The molecule has 4 amide bonds. The molecule has 1 aliphatic rings. The van der Waals surface area contributed by atoms with E-state index < -0.39 is 71.7 Å². The van der Waals surface area contributed by atoms with Crippen molar-refractivity contribution in [3.63, 3.8) is 0 Å². The summed E-state index contributed by atoms with van der Waals surface area (Å²) in [7, 11) is 0. The third kappa shape index (κ3) is 13.7. The Bertz CT molecular complexity index is 2120. The lowest BCUT2D eigenvalue weighted by Gasteiger charge is -2.28. The molecule has 16 nitrogen and oxygen atoms in total. The summed E-state index contributed by atoms with van der Waals surface area (Å²) in [5.41, 5.74) is 10.8. The first-order valence-electron chi connectivity index (χ1n) is 21.6. The molecular formula is C48H64N8O8S4. The number of nitrogens with two attached hydrogens (primary N) is 4. The van der Waals surface area contributed by atoms with Crippen molar-refractivity contribution in [1.82, 2.24) is 21.7 Å². The molecule has 0 saturated heterocycles. The van der Waals surface area contributed by atoms with Gasteiger partial charge in [-0.2, -0.15) is 0 Å². The highest BCUT2D eigenvalue weighted by atomic mass is 32.2. The van der Waals surface area contributed by atoms with Gasteiger partial charge < -0.3 is 18.9 Å². The third-order valence-electron chi connectivity index (χ3n) is 10.5. The normalized spacial score (nSPS) is 12.9. The van der Waals surface area contributed by atoms with Gasteiger partial charge in [-0.1, -0.05) is 130 Å². The Balaban J connectivity index is 2.05. The van der Waals surface area contributed by atoms with E-state index in [0.717, 1.165) is 22.3 Å². The molecule has 4 aromatic rings. The maximum Gasteiger partial charge on any atom is 0.271 e. The van der Waals surface area contributed by atoms with Crippen molar-refractivity contribution < 1.29 is 38.1 Å². The van der Waals surface area contributed by atoms with Crippen molar-refractivity contribution in [2.75, 3.05) is 26.4 Å². The van der Waals surface area contributed by atoms with Crippen molar-refractivity contribution in [2.45, 2.75) is 144 Å². The molecule has 12 N–H and O–H groups in total. The van der Waals surface area contributed by atoms with Crippen molar-refractivity contribution in [3.8, 4) is 23.0 Å². The van der Waals surface area contributed by atoms with Gasteiger partial charge in [-0.15, -0.1) is 0 Å². The van der Waals surface area contributed by atoms with Crippen LogP contribution in [0, 0.1) is 0 Å². The van der Waals surface area contributed by atoms with Crippen LogP contribution in [0.2, 0.25) is 0 Å². The third-order valence-corrected chi connectivity index (χ3v) is 14.6. The number of hydrazine groups is 4. The molecule has 8 bridgehead atoms. The highest BCUT2D eigenvalue weighted by Crippen LogP contribution is 2.56. The van der Waals surface area contributed by atoms with E-state index in [9.17, 15) is 19.2 Å². The van der Waals surface area contributed by atoms with Gasteiger partial charge in [-0.05, 0) is 92.4 Å². The summed E-state index contributed by atoms with van der Waals surface area (Å²) >= 11 is 5.35. The van der Waals surface area contributed by atoms with Gasteiger partial charge >= 0.3 is 0 Å². The zero-order chi connectivity index (χ0) is 50.5. The first-order chi connectivity index (χ1) is 31.7. The molecular weight excluding hydrogens is 945 g/mol. The van der Waals surface area contributed by atoms with Gasteiger partial charge in [-0.3, -0.25) is 40.9 Å². The van der Waals surface area contributed by atoms with Gasteiger partial charge in [0.1, 0.15) is 23.0 Å². The number of hydrogen-bond donors (Lipinski definition) is 8. The van der Waals surface area contributed by atoms with Crippen molar-refractivity contribution >= 4 is 70.7 Å². The van der Waals surface area contributed by atoms with Gasteiger partial charge in [0.05, 0.1) is 39.2 Å². The van der Waals surface area contributed by atoms with Crippen LogP contribution < -0.4 is 64.0 Å². The SMILES string of the molecule is CC(C)(C)c1cc2c(OCC(=O)NN)c(c1)Sc1cc(C(C)(C)C)cc(c1OCC(=O)NN)Sc1cc(C(C)(C)C)cc(c1OCC(=O)NN)Sc1cc(C(C)(C)C)cc(c1OCC(=O)NN)S2. The summed E-state index contributed by atoms with van der Waals surface area (Å²) < 4.78 is 26.0. The van der Waals surface area contributed by atoms with Crippen LogP contribution >= 0.6 is 47.0 Å². The number of ether oxygens (including phenoxy) is 4. The fourth-order valence-electron chi connectivity index (χ4n) is 6.41. The van der Waals surface area contributed by atoms with Crippen molar-refractivity contribution in [1.29, 1.82) is 0 Å². The summed E-state index contributed by atoms with van der Waals surface area (Å²) in [6.07, 6.45) is 0. The van der Waals surface area contributed by atoms with E-state index in [0.29, 0.717) is 62.2 Å². The largest absolute Gasteiger partial charge is 0.481 e. The van der Waals surface area contributed by atoms with Crippen LogP contribution in [0.4, 0.5) is 0 Å². The van der Waals surface area contributed by atoms with Gasteiger partial charge in [0, 0.05) is 0 Å². The van der Waals surface area contributed by atoms with E-state index in [1.54, 1.807) is 0 Å². The first kappa shape index (κ1) is 54.1. The summed E-state index contributed by atoms with van der Waals surface area (Å²) in [6.45, 7) is 23.5.